The first-order valence-electron chi connectivity index (χ1n) is 8.07. The number of anilines is 1. The number of hydrogen-bond acceptors (Lipinski definition) is 2. The summed E-state index contributed by atoms with van der Waals surface area (Å²) in [7, 11) is 2.18. The Morgan fingerprint density at radius 2 is 1.77 bits per heavy atom. The molecule has 0 spiro atoms. The summed E-state index contributed by atoms with van der Waals surface area (Å²) in [6.45, 7) is 8.05. The molecule has 0 aliphatic carbocycles. The van der Waals surface area contributed by atoms with Gasteiger partial charge in [0.25, 0.3) is 5.91 Å². The number of piperazine rings is 1. The first-order chi connectivity index (χ1) is 10.5. The highest BCUT2D eigenvalue weighted by molar-refractivity contribution is 6.22. The number of likely N-dealkylation sites (N-methyl/N-ethyl adjacent to an activating group) is 1. The summed E-state index contributed by atoms with van der Waals surface area (Å²) in [5.41, 5.74) is 2.88. The lowest BCUT2D eigenvalue weighted by Crippen LogP contribution is -3.29. The maximum absolute atomic E-state index is 12.8. The first-order valence-corrected chi connectivity index (χ1v) is 8.07. The summed E-state index contributed by atoms with van der Waals surface area (Å²) in [6, 6.07) is 5.69. The summed E-state index contributed by atoms with van der Waals surface area (Å²) in [4.78, 5) is 29.4. The zero-order valence-corrected chi connectivity index (χ0v) is 13.6. The van der Waals surface area contributed by atoms with E-state index in [1.54, 1.807) is 0 Å². The minimum atomic E-state index is -0.193. The lowest BCUT2D eigenvalue weighted by atomic mass is 10.1. The second-order valence-electron chi connectivity index (χ2n) is 6.73. The third-order valence-electron chi connectivity index (χ3n) is 4.98. The molecule has 1 aromatic rings. The Kier molecular flexibility index (Phi) is 4.02. The van der Waals surface area contributed by atoms with Crippen molar-refractivity contribution in [3.8, 4) is 0 Å². The van der Waals surface area contributed by atoms with Crippen molar-refractivity contribution in [1.82, 2.24) is 0 Å². The molecular weight excluding hydrogens is 278 g/mol. The average Bonchev–Trinajstić information content (AvgIpc) is 2.76. The quantitative estimate of drug-likeness (QED) is 0.643. The van der Waals surface area contributed by atoms with Gasteiger partial charge in [-0.2, -0.15) is 0 Å². The molecule has 2 N–H and O–H groups in total. The molecule has 2 saturated heterocycles. The Balaban J connectivity index is 1.82. The van der Waals surface area contributed by atoms with Crippen molar-refractivity contribution in [1.29, 1.82) is 0 Å². The number of carbonyl (C=O) groups excluding carboxylic acids is 2. The number of aryl methyl sites for hydroxylation is 2. The Morgan fingerprint density at radius 1 is 1.09 bits per heavy atom. The van der Waals surface area contributed by atoms with Crippen molar-refractivity contribution in [2.45, 2.75) is 26.3 Å². The van der Waals surface area contributed by atoms with Crippen molar-refractivity contribution in [2.24, 2.45) is 0 Å². The molecule has 1 atom stereocenters. The number of carbonyl (C=O) groups is 2. The molecule has 22 heavy (non-hydrogen) atoms. The Bertz CT molecular complexity index is 606. The zero-order chi connectivity index (χ0) is 15.9. The predicted octanol–water partition coefficient (Wildman–Crippen LogP) is -1.65. The molecule has 0 aromatic heterocycles. The fraction of sp³-hybridized carbons (Fsp3) is 0.529. The second kappa shape index (κ2) is 5.82. The van der Waals surface area contributed by atoms with E-state index in [2.05, 4.69) is 7.05 Å². The first kappa shape index (κ1) is 15.2. The average molecular weight is 303 g/mol. The molecule has 0 saturated carbocycles. The smallest absolute Gasteiger partial charge is 0.292 e. The highest BCUT2D eigenvalue weighted by Crippen LogP contribution is 2.26. The van der Waals surface area contributed by atoms with Gasteiger partial charge in [-0.1, -0.05) is 17.7 Å². The van der Waals surface area contributed by atoms with Gasteiger partial charge in [0.2, 0.25) is 5.91 Å². The highest BCUT2D eigenvalue weighted by Gasteiger charge is 2.47. The summed E-state index contributed by atoms with van der Waals surface area (Å²) < 4.78 is 0. The number of nitrogens with one attached hydrogen (secondary N) is 2. The molecular formula is C17H25N3O2+2. The van der Waals surface area contributed by atoms with Crippen molar-refractivity contribution in [3.63, 3.8) is 0 Å². The van der Waals surface area contributed by atoms with Crippen LogP contribution in [0.1, 0.15) is 17.5 Å². The number of amides is 2. The van der Waals surface area contributed by atoms with E-state index in [4.69, 9.17) is 0 Å². The number of hydrogen-bond donors (Lipinski definition) is 2. The molecule has 1 aromatic carbocycles. The van der Waals surface area contributed by atoms with Gasteiger partial charge in [0.15, 0.2) is 6.04 Å². The minimum Gasteiger partial charge on any atom is -0.328 e. The van der Waals surface area contributed by atoms with Gasteiger partial charge in [0.05, 0.1) is 19.2 Å². The van der Waals surface area contributed by atoms with Crippen molar-refractivity contribution in [3.05, 3.63) is 29.3 Å². The normalized spacial score (nSPS) is 29.2. The van der Waals surface area contributed by atoms with Crippen molar-refractivity contribution < 1.29 is 19.4 Å². The van der Waals surface area contributed by atoms with Crippen LogP contribution in [-0.2, 0) is 9.59 Å². The van der Waals surface area contributed by atoms with Crippen LogP contribution < -0.4 is 14.7 Å². The van der Waals surface area contributed by atoms with E-state index in [1.807, 2.05) is 32.0 Å². The molecule has 3 rings (SSSR count). The molecule has 0 bridgehead atoms. The van der Waals surface area contributed by atoms with E-state index < -0.39 is 0 Å². The zero-order valence-electron chi connectivity index (χ0n) is 13.6. The van der Waals surface area contributed by atoms with Crippen LogP contribution in [0.25, 0.3) is 0 Å². The SMILES string of the molecule is Cc1ccc(N2C(=O)C[C@H]([NH+]3CC[NH+](C)CC3)C2=O)c(C)c1. The predicted molar refractivity (Wildman–Crippen MR) is 84.1 cm³/mol. The van der Waals surface area contributed by atoms with Gasteiger partial charge >= 0.3 is 0 Å². The maximum Gasteiger partial charge on any atom is 0.292 e. The summed E-state index contributed by atoms with van der Waals surface area (Å²) in [5, 5.41) is 0. The molecule has 2 amide bonds. The van der Waals surface area contributed by atoms with E-state index in [-0.39, 0.29) is 17.9 Å². The topological polar surface area (TPSA) is 46.3 Å². The minimum absolute atomic E-state index is 0.0218. The molecule has 2 aliphatic rings. The van der Waals surface area contributed by atoms with Crippen molar-refractivity contribution >= 4 is 17.5 Å². The van der Waals surface area contributed by atoms with Crippen LogP contribution in [-0.4, -0.2) is 51.1 Å². The standard InChI is InChI=1S/C17H23N3O2/c1-12-4-5-14(13(2)10-12)20-16(21)11-15(17(20)22)19-8-6-18(3)7-9-19/h4-5,10,15H,6-9,11H2,1-3H3/p+2/t15-/m0/s1. The third-order valence-corrected chi connectivity index (χ3v) is 4.98. The summed E-state index contributed by atoms with van der Waals surface area (Å²) in [5.74, 6) is -0.0766. The summed E-state index contributed by atoms with van der Waals surface area (Å²) in [6.07, 6.45) is 0.348. The van der Waals surface area contributed by atoms with Crippen LogP contribution >= 0.6 is 0 Å². The van der Waals surface area contributed by atoms with E-state index in [9.17, 15) is 9.59 Å². The monoisotopic (exact) mass is 303 g/mol. The Hall–Kier alpha value is -1.72. The number of rotatable bonds is 2. The fourth-order valence-electron chi connectivity index (χ4n) is 3.61. The van der Waals surface area contributed by atoms with Gasteiger partial charge in [-0.25, -0.2) is 4.90 Å². The molecule has 5 heteroatoms. The van der Waals surface area contributed by atoms with Crippen LogP contribution in [0.2, 0.25) is 0 Å². The number of benzene rings is 1. The highest BCUT2D eigenvalue weighted by atomic mass is 16.2. The molecule has 2 fully saturated rings. The molecule has 2 aliphatic heterocycles. The molecule has 2 heterocycles. The molecule has 5 nitrogen and oxygen atoms in total. The van der Waals surface area contributed by atoms with Crippen LogP contribution in [0.5, 0.6) is 0 Å². The van der Waals surface area contributed by atoms with E-state index >= 15 is 0 Å². The van der Waals surface area contributed by atoms with Gasteiger partial charge in [-0.15, -0.1) is 0 Å². The Labute approximate surface area is 131 Å². The number of imide groups is 1. The Morgan fingerprint density at radius 3 is 2.41 bits per heavy atom. The molecule has 0 unspecified atom stereocenters. The van der Waals surface area contributed by atoms with E-state index in [1.165, 1.54) is 14.7 Å². The largest absolute Gasteiger partial charge is 0.328 e. The number of quaternary nitrogens is 2. The number of nitrogens with zero attached hydrogens (tertiary/aromatic N) is 1. The van der Waals surface area contributed by atoms with Crippen LogP contribution in [0.15, 0.2) is 18.2 Å². The maximum atomic E-state index is 12.8. The molecule has 0 radical (unpaired) electrons. The van der Waals surface area contributed by atoms with Crippen LogP contribution in [0, 0.1) is 13.8 Å². The van der Waals surface area contributed by atoms with Gasteiger partial charge < -0.3 is 9.80 Å². The van der Waals surface area contributed by atoms with E-state index in [0.29, 0.717) is 6.42 Å². The lowest BCUT2D eigenvalue weighted by molar-refractivity contribution is -1.01. The van der Waals surface area contributed by atoms with E-state index in [0.717, 1.165) is 43.0 Å². The van der Waals surface area contributed by atoms with Gasteiger partial charge in [-0.3, -0.25) is 9.59 Å². The molecule has 118 valence electrons. The summed E-state index contributed by atoms with van der Waals surface area (Å²) >= 11 is 0. The van der Waals surface area contributed by atoms with Gasteiger partial charge in [0.1, 0.15) is 26.2 Å². The van der Waals surface area contributed by atoms with Crippen LogP contribution in [0.3, 0.4) is 0 Å². The van der Waals surface area contributed by atoms with Gasteiger partial charge in [-0.05, 0) is 25.5 Å². The van der Waals surface area contributed by atoms with Gasteiger partial charge in [0, 0.05) is 0 Å². The lowest BCUT2D eigenvalue weighted by Gasteiger charge is -2.30. The van der Waals surface area contributed by atoms with Crippen LogP contribution in [0.4, 0.5) is 5.69 Å². The third kappa shape index (κ3) is 2.66. The second-order valence-corrected chi connectivity index (χ2v) is 6.73. The van der Waals surface area contributed by atoms with Crippen molar-refractivity contribution in [2.75, 3.05) is 38.1 Å². The fourth-order valence-corrected chi connectivity index (χ4v) is 3.61.